The van der Waals surface area contributed by atoms with Gasteiger partial charge >= 0.3 is 0 Å². The number of carbonyl (C=O) groups excluding carboxylic acids is 1. The third-order valence-corrected chi connectivity index (χ3v) is 5.61. The number of hydrogen-bond donors (Lipinski definition) is 1. The Bertz CT molecular complexity index is 1150. The van der Waals surface area contributed by atoms with Crippen LogP contribution in [0.3, 0.4) is 0 Å². The third kappa shape index (κ3) is 4.07. The highest BCUT2D eigenvalue weighted by Crippen LogP contribution is 2.28. The molecule has 0 bridgehead atoms. The number of aromatic amines is 1. The minimum Gasteiger partial charge on any atom is -0.494 e. The van der Waals surface area contributed by atoms with Gasteiger partial charge in [-0.1, -0.05) is 48.2 Å². The van der Waals surface area contributed by atoms with Crippen molar-refractivity contribution in [3.8, 4) is 5.75 Å². The molecule has 0 radical (unpaired) electrons. The normalized spacial score (nSPS) is 11.1. The first-order valence-corrected chi connectivity index (χ1v) is 10.7. The van der Waals surface area contributed by atoms with Crippen molar-refractivity contribution in [1.82, 2.24) is 9.97 Å². The number of anilines is 1. The number of hydrogen-bond acceptors (Lipinski definition) is 4. The molecule has 0 saturated heterocycles. The van der Waals surface area contributed by atoms with E-state index in [1.165, 1.54) is 11.8 Å². The monoisotopic (exact) mass is 405 g/mol. The van der Waals surface area contributed by atoms with Crippen molar-refractivity contribution in [2.75, 3.05) is 23.8 Å². The Balaban J connectivity index is 1.51. The lowest BCUT2D eigenvalue weighted by Crippen LogP contribution is -2.32. The van der Waals surface area contributed by atoms with Crippen LogP contribution in [0.4, 0.5) is 5.69 Å². The summed E-state index contributed by atoms with van der Waals surface area (Å²) in [6.45, 7) is 5.20. The number of benzene rings is 3. The molecule has 0 unspecified atom stereocenters. The predicted molar refractivity (Wildman–Crippen MR) is 120 cm³/mol. The molecule has 1 aromatic heterocycles. The molecule has 1 heterocycles. The third-order valence-electron chi connectivity index (χ3n) is 4.75. The Morgan fingerprint density at radius 2 is 1.93 bits per heavy atom. The van der Waals surface area contributed by atoms with Gasteiger partial charge in [0.2, 0.25) is 5.91 Å². The number of fused-ring (bicyclic) bond motifs is 2. The molecule has 4 rings (SSSR count). The van der Waals surface area contributed by atoms with E-state index in [2.05, 4.69) is 28.2 Å². The van der Waals surface area contributed by atoms with Gasteiger partial charge in [0.15, 0.2) is 5.16 Å². The van der Waals surface area contributed by atoms with Gasteiger partial charge in [-0.05, 0) is 37.4 Å². The number of ether oxygens (including phenoxy) is 1. The summed E-state index contributed by atoms with van der Waals surface area (Å²) < 4.78 is 5.54. The molecule has 4 aromatic rings. The lowest BCUT2D eigenvalue weighted by Gasteiger charge is -2.22. The lowest BCUT2D eigenvalue weighted by atomic mass is 10.1. The van der Waals surface area contributed by atoms with E-state index in [9.17, 15) is 4.79 Å². The largest absolute Gasteiger partial charge is 0.494 e. The molecule has 0 fully saturated rings. The van der Waals surface area contributed by atoms with Gasteiger partial charge in [-0.15, -0.1) is 0 Å². The number of nitrogens with one attached hydrogen (secondary N) is 1. The van der Waals surface area contributed by atoms with Gasteiger partial charge in [0, 0.05) is 18.0 Å². The molecule has 0 spiro atoms. The summed E-state index contributed by atoms with van der Waals surface area (Å²) in [5, 5.41) is 2.95. The highest BCUT2D eigenvalue weighted by atomic mass is 32.2. The summed E-state index contributed by atoms with van der Waals surface area (Å²) in [6.07, 6.45) is 0. The van der Waals surface area contributed by atoms with E-state index in [1.54, 1.807) is 0 Å². The Morgan fingerprint density at radius 3 is 2.76 bits per heavy atom. The van der Waals surface area contributed by atoms with E-state index >= 15 is 0 Å². The number of rotatable bonds is 7. The minimum atomic E-state index is 0.0596. The second-order valence-corrected chi connectivity index (χ2v) is 7.54. The van der Waals surface area contributed by atoms with E-state index in [-0.39, 0.29) is 5.91 Å². The van der Waals surface area contributed by atoms with Crippen LogP contribution in [0.5, 0.6) is 5.75 Å². The number of carbonyl (C=O) groups is 1. The molecule has 3 aromatic carbocycles. The Hall–Kier alpha value is -2.99. The van der Waals surface area contributed by atoms with Crippen molar-refractivity contribution in [3.05, 3.63) is 60.7 Å². The Labute approximate surface area is 174 Å². The number of aromatic nitrogens is 2. The molecule has 0 saturated carbocycles. The summed E-state index contributed by atoms with van der Waals surface area (Å²) in [6, 6.07) is 20.0. The quantitative estimate of drug-likeness (QED) is 0.426. The molecular formula is C23H23N3O2S. The molecule has 1 N–H and O–H groups in total. The smallest absolute Gasteiger partial charge is 0.237 e. The van der Waals surface area contributed by atoms with Crippen LogP contribution in [0.2, 0.25) is 0 Å². The van der Waals surface area contributed by atoms with Crippen molar-refractivity contribution >= 4 is 45.2 Å². The maximum absolute atomic E-state index is 13.0. The average molecular weight is 406 g/mol. The molecule has 29 heavy (non-hydrogen) atoms. The number of H-pyrrole nitrogens is 1. The van der Waals surface area contributed by atoms with Crippen LogP contribution in [0, 0.1) is 0 Å². The summed E-state index contributed by atoms with van der Waals surface area (Å²) in [5.74, 6) is 1.18. The molecular weight excluding hydrogens is 382 g/mol. The topological polar surface area (TPSA) is 58.2 Å². The van der Waals surface area contributed by atoms with Gasteiger partial charge in [-0.3, -0.25) is 4.79 Å². The molecule has 148 valence electrons. The first-order chi connectivity index (χ1) is 14.2. The first-order valence-electron chi connectivity index (χ1n) is 9.73. The average Bonchev–Trinajstić information content (AvgIpc) is 3.15. The number of nitrogens with zero attached hydrogens (tertiary/aromatic N) is 2. The fourth-order valence-corrected chi connectivity index (χ4v) is 4.18. The zero-order valence-corrected chi connectivity index (χ0v) is 17.3. The molecule has 1 amide bonds. The number of amides is 1. The van der Waals surface area contributed by atoms with Crippen LogP contribution in [-0.2, 0) is 4.79 Å². The standard InChI is InChI=1S/C23H23N3O2S/c1-3-26(21-11-7-9-16-8-5-6-10-18(16)21)22(27)15-29-23-24-19-13-12-17(28-4-2)14-20(19)25-23/h5-14H,3-4,15H2,1-2H3,(H,24,25). The van der Waals surface area contributed by atoms with Crippen LogP contribution < -0.4 is 9.64 Å². The van der Waals surface area contributed by atoms with Gasteiger partial charge in [-0.2, -0.15) is 0 Å². The second-order valence-electron chi connectivity index (χ2n) is 6.58. The van der Waals surface area contributed by atoms with Crippen LogP contribution in [0.1, 0.15) is 13.8 Å². The Kier molecular flexibility index (Phi) is 5.71. The van der Waals surface area contributed by atoms with E-state index in [1.807, 2.05) is 61.2 Å². The van der Waals surface area contributed by atoms with Crippen LogP contribution in [0.15, 0.2) is 65.8 Å². The summed E-state index contributed by atoms with van der Waals surface area (Å²) in [5.41, 5.74) is 2.72. The molecule has 0 aliphatic carbocycles. The van der Waals surface area contributed by atoms with E-state index in [4.69, 9.17) is 4.74 Å². The number of imidazole rings is 1. The first kappa shape index (κ1) is 19.3. The molecule has 0 atom stereocenters. The van der Waals surface area contributed by atoms with Gasteiger partial charge in [0.1, 0.15) is 5.75 Å². The maximum Gasteiger partial charge on any atom is 0.237 e. The van der Waals surface area contributed by atoms with Gasteiger partial charge in [0.05, 0.1) is 29.1 Å². The van der Waals surface area contributed by atoms with Gasteiger partial charge in [-0.25, -0.2) is 4.98 Å². The highest BCUT2D eigenvalue weighted by Gasteiger charge is 2.17. The minimum absolute atomic E-state index is 0.0596. The highest BCUT2D eigenvalue weighted by molar-refractivity contribution is 7.99. The fraction of sp³-hybridized carbons (Fsp3) is 0.217. The summed E-state index contributed by atoms with van der Waals surface area (Å²) >= 11 is 1.42. The predicted octanol–water partition coefficient (Wildman–Crippen LogP) is 5.26. The zero-order chi connectivity index (χ0) is 20.2. The fourth-order valence-electron chi connectivity index (χ4n) is 3.42. The van der Waals surface area contributed by atoms with Crippen molar-refractivity contribution in [1.29, 1.82) is 0 Å². The zero-order valence-electron chi connectivity index (χ0n) is 16.5. The maximum atomic E-state index is 13.0. The molecule has 0 aliphatic rings. The van der Waals surface area contributed by atoms with Crippen LogP contribution >= 0.6 is 11.8 Å². The van der Waals surface area contributed by atoms with E-state index < -0.39 is 0 Å². The Morgan fingerprint density at radius 1 is 1.10 bits per heavy atom. The van der Waals surface area contributed by atoms with E-state index in [0.29, 0.717) is 18.9 Å². The molecule has 5 nitrogen and oxygen atoms in total. The van der Waals surface area contributed by atoms with Crippen molar-refractivity contribution < 1.29 is 9.53 Å². The summed E-state index contributed by atoms with van der Waals surface area (Å²) in [7, 11) is 0. The van der Waals surface area contributed by atoms with Crippen LogP contribution in [-0.4, -0.2) is 34.8 Å². The van der Waals surface area contributed by atoms with Crippen molar-refractivity contribution in [2.45, 2.75) is 19.0 Å². The lowest BCUT2D eigenvalue weighted by molar-refractivity contribution is -0.116. The van der Waals surface area contributed by atoms with Gasteiger partial charge in [0.25, 0.3) is 0 Å². The number of thioether (sulfide) groups is 1. The second kappa shape index (κ2) is 8.57. The van der Waals surface area contributed by atoms with Crippen LogP contribution in [0.25, 0.3) is 21.8 Å². The van der Waals surface area contributed by atoms with Crippen molar-refractivity contribution in [3.63, 3.8) is 0 Å². The molecule has 6 heteroatoms. The molecule has 0 aliphatic heterocycles. The van der Waals surface area contributed by atoms with Crippen molar-refractivity contribution in [2.24, 2.45) is 0 Å². The summed E-state index contributed by atoms with van der Waals surface area (Å²) in [4.78, 5) is 22.7. The van der Waals surface area contributed by atoms with E-state index in [0.717, 1.165) is 38.4 Å². The van der Waals surface area contributed by atoms with Gasteiger partial charge < -0.3 is 14.6 Å². The SMILES string of the molecule is CCOc1ccc2nc(SCC(=O)N(CC)c3cccc4ccccc34)[nH]c2c1.